The van der Waals surface area contributed by atoms with Crippen LogP contribution in [0, 0.1) is 0 Å². The molecule has 0 aliphatic carbocycles. The van der Waals surface area contributed by atoms with Gasteiger partial charge < -0.3 is 5.73 Å². The van der Waals surface area contributed by atoms with Gasteiger partial charge in [-0.1, -0.05) is 12.1 Å². The number of nitrogens with two attached hydrogens (primary N) is 1. The number of nitrogens with zero attached hydrogens (tertiary/aromatic N) is 2. The Morgan fingerprint density at radius 2 is 1.95 bits per heavy atom. The van der Waals surface area contributed by atoms with Crippen LogP contribution in [0.3, 0.4) is 0 Å². The molecule has 5 nitrogen and oxygen atoms in total. The van der Waals surface area contributed by atoms with E-state index in [-0.39, 0.29) is 6.04 Å². The first-order chi connectivity index (χ1) is 8.89. The third-order valence-corrected chi connectivity index (χ3v) is 5.25. The molecule has 0 radical (unpaired) electrons. The maximum atomic E-state index is 11.9. The van der Waals surface area contributed by atoms with Crippen LogP contribution in [0.1, 0.15) is 12.0 Å². The minimum absolute atomic E-state index is 0.272. The minimum Gasteiger partial charge on any atom is -0.326 e. The van der Waals surface area contributed by atoms with Gasteiger partial charge in [0.1, 0.15) is 0 Å². The first kappa shape index (κ1) is 14.5. The van der Waals surface area contributed by atoms with Crippen LogP contribution in [0.4, 0.5) is 0 Å². The summed E-state index contributed by atoms with van der Waals surface area (Å²) in [5.41, 5.74) is 6.98. The van der Waals surface area contributed by atoms with Crippen LogP contribution >= 0.6 is 0 Å². The van der Waals surface area contributed by atoms with Crippen molar-refractivity contribution in [2.75, 3.05) is 27.2 Å². The average Bonchev–Trinajstić information content (AvgIpc) is 2.75. The standard InChI is InChI=1S/C13H21N3O2S/c1-15(2)19(17,18)13-5-3-11(4-6-13)9-16-8-7-12(14)10-16/h3-6,12H,7-10,14H2,1-2H3/t12-/m0/s1. The summed E-state index contributed by atoms with van der Waals surface area (Å²) in [4.78, 5) is 2.62. The Morgan fingerprint density at radius 1 is 1.32 bits per heavy atom. The zero-order valence-electron chi connectivity index (χ0n) is 11.4. The molecule has 1 aliphatic heterocycles. The third-order valence-electron chi connectivity index (χ3n) is 3.42. The third kappa shape index (κ3) is 3.33. The van der Waals surface area contributed by atoms with Crippen LogP contribution in [0.5, 0.6) is 0 Å². The highest BCUT2D eigenvalue weighted by Crippen LogP contribution is 2.16. The molecule has 2 N–H and O–H groups in total. The molecule has 1 aliphatic rings. The molecule has 0 bridgehead atoms. The van der Waals surface area contributed by atoms with E-state index in [0.29, 0.717) is 4.90 Å². The van der Waals surface area contributed by atoms with E-state index in [1.165, 1.54) is 18.4 Å². The second-order valence-corrected chi connectivity index (χ2v) is 7.37. The Bertz CT molecular complexity index is 525. The number of sulfonamides is 1. The zero-order valence-corrected chi connectivity index (χ0v) is 12.2. The van der Waals surface area contributed by atoms with Gasteiger partial charge in [-0.05, 0) is 24.1 Å². The Morgan fingerprint density at radius 3 is 2.42 bits per heavy atom. The van der Waals surface area contributed by atoms with E-state index in [9.17, 15) is 8.42 Å². The second-order valence-electron chi connectivity index (χ2n) is 5.22. The fraction of sp³-hybridized carbons (Fsp3) is 0.538. The topological polar surface area (TPSA) is 66.6 Å². The number of rotatable bonds is 4. The summed E-state index contributed by atoms with van der Waals surface area (Å²) in [6, 6.07) is 7.36. The number of likely N-dealkylation sites (tertiary alicyclic amines) is 1. The molecular formula is C13H21N3O2S. The fourth-order valence-corrected chi connectivity index (χ4v) is 3.14. The monoisotopic (exact) mass is 283 g/mol. The Kier molecular flexibility index (Phi) is 4.25. The minimum atomic E-state index is -3.33. The van der Waals surface area contributed by atoms with Crippen LogP contribution in [0.15, 0.2) is 29.2 Å². The molecule has 0 saturated carbocycles. The van der Waals surface area contributed by atoms with Crippen molar-refractivity contribution < 1.29 is 8.42 Å². The van der Waals surface area contributed by atoms with Crippen molar-refractivity contribution >= 4 is 10.0 Å². The van der Waals surface area contributed by atoms with Gasteiger partial charge in [0.05, 0.1) is 4.90 Å². The fourth-order valence-electron chi connectivity index (χ4n) is 2.24. The Labute approximate surface area is 115 Å². The highest BCUT2D eigenvalue weighted by molar-refractivity contribution is 7.89. The number of hydrogen-bond donors (Lipinski definition) is 1. The molecule has 1 saturated heterocycles. The smallest absolute Gasteiger partial charge is 0.242 e. The van der Waals surface area contributed by atoms with Crippen LogP contribution in [0.2, 0.25) is 0 Å². The lowest BCUT2D eigenvalue weighted by Gasteiger charge is -2.16. The van der Waals surface area contributed by atoms with Crippen molar-refractivity contribution in [3.8, 4) is 0 Å². The van der Waals surface area contributed by atoms with Crippen molar-refractivity contribution in [2.24, 2.45) is 5.73 Å². The summed E-state index contributed by atoms with van der Waals surface area (Å²) < 4.78 is 25.1. The van der Waals surface area contributed by atoms with Gasteiger partial charge in [0.15, 0.2) is 0 Å². The Balaban J connectivity index is 2.07. The van der Waals surface area contributed by atoms with Crippen molar-refractivity contribution in [1.82, 2.24) is 9.21 Å². The summed E-state index contributed by atoms with van der Waals surface area (Å²) in [7, 11) is -0.257. The summed E-state index contributed by atoms with van der Waals surface area (Å²) >= 11 is 0. The maximum Gasteiger partial charge on any atom is 0.242 e. The summed E-state index contributed by atoms with van der Waals surface area (Å²) in [6.45, 7) is 2.76. The first-order valence-corrected chi connectivity index (χ1v) is 7.83. The predicted octanol–water partition coefficient (Wildman–Crippen LogP) is 0.470. The molecule has 0 amide bonds. The lowest BCUT2D eigenvalue weighted by molar-refractivity contribution is 0.327. The normalized spacial score (nSPS) is 21.2. The van der Waals surface area contributed by atoms with E-state index in [2.05, 4.69) is 4.90 Å². The van der Waals surface area contributed by atoms with E-state index in [4.69, 9.17) is 5.73 Å². The SMILES string of the molecule is CN(C)S(=O)(=O)c1ccc(CN2CC[C@H](N)C2)cc1. The molecule has 0 spiro atoms. The van der Waals surface area contributed by atoms with Gasteiger partial charge in [-0.15, -0.1) is 0 Å². The summed E-state index contributed by atoms with van der Waals surface area (Å²) in [5.74, 6) is 0. The molecule has 6 heteroatoms. The van der Waals surface area contributed by atoms with Crippen LogP contribution in [0.25, 0.3) is 0 Å². The van der Waals surface area contributed by atoms with E-state index < -0.39 is 10.0 Å². The molecule has 2 rings (SSSR count). The molecule has 0 aromatic heterocycles. The largest absolute Gasteiger partial charge is 0.326 e. The molecule has 106 valence electrons. The average molecular weight is 283 g/mol. The number of benzene rings is 1. The zero-order chi connectivity index (χ0) is 14.0. The van der Waals surface area contributed by atoms with Crippen molar-refractivity contribution in [2.45, 2.75) is 23.9 Å². The van der Waals surface area contributed by atoms with Gasteiger partial charge in [-0.2, -0.15) is 0 Å². The van der Waals surface area contributed by atoms with Gasteiger partial charge in [-0.3, -0.25) is 4.90 Å². The summed E-state index contributed by atoms with van der Waals surface area (Å²) in [5, 5.41) is 0. The molecule has 1 aromatic rings. The molecule has 0 unspecified atom stereocenters. The van der Waals surface area contributed by atoms with Gasteiger partial charge in [0.2, 0.25) is 10.0 Å². The van der Waals surface area contributed by atoms with E-state index >= 15 is 0 Å². The van der Waals surface area contributed by atoms with Gasteiger partial charge in [0, 0.05) is 39.8 Å². The van der Waals surface area contributed by atoms with Crippen molar-refractivity contribution in [3.63, 3.8) is 0 Å². The molecule has 1 atom stereocenters. The molecule has 19 heavy (non-hydrogen) atoms. The van der Waals surface area contributed by atoms with Gasteiger partial charge >= 0.3 is 0 Å². The van der Waals surface area contributed by atoms with Gasteiger partial charge in [-0.25, -0.2) is 12.7 Å². The molecule has 1 heterocycles. The quantitative estimate of drug-likeness (QED) is 0.872. The molecular weight excluding hydrogens is 262 g/mol. The van der Waals surface area contributed by atoms with E-state index in [1.54, 1.807) is 12.1 Å². The predicted molar refractivity (Wildman–Crippen MR) is 75.2 cm³/mol. The highest BCUT2D eigenvalue weighted by atomic mass is 32.2. The van der Waals surface area contributed by atoms with Crippen LogP contribution in [-0.4, -0.2) is 50.8 Å². The Hall–Kier alpha value is -0.950. The summed E-state index contributed by atoms with van der Waals surface area (Å²) in [6.07, 6.45) is 1.03. The lowest BCUT2D eigenvalue weighted by atomic mass is 10.2. The number of hydrogen-bond acceptors (Lipinski definition) is 4. The molecule has 1 aromatic carbocycles. The molecule has 1 fully saturated rings. The van der Waals surface area contributed by atoms with Gasteiger partial charge in [0.25, 0.3) is 0 Å². The first-order valence-electron chi connectivity index (χ1n) is 6.39. The second kappa shape index (κ2) is 5.58. The van der Waals surface area contributed by atoms with Crippen LogP contribution in [-0.2, 0) is 16.6 Å². The highest BCUT2D eigenvalue weighted by Gasteiger charge is 2.20. The van der Waals surface area contributed by atoms with Crippen LogP contribution < -0.4 is 5.73 Å². The van der Waals surface area contributed by atoms with Crippen molar-refractivity contribution in [3.05, 3.63) is 29.8 Å². The van der Waals surface area contributed by atoms with E-state index in [0.717, 1.165) is 31.6 Å². The van der Waals surface area contributed by atoms with Crippen molar-refractivity contribution in [1.29, 1.82) is 0 Å². The van der Waals surface area contributed by atoms with E-state index in [1.807, 2.05) is 12.1 Å². The lowest BCUT2D eigenvalue weighted by Crippen LogP contribution is -2.26. The maximum absolute atomic E-state index is 11.9.